The summed E-state index contributed by atoms with van der Waals surface area (Å²) >= 11 is 0. The first-order valence-corrected chi connectivity index (χ1v) is 8.48. The van der Waals surface area contributed by atoms with Gasteiger partial charge in [-0.05, 0) is 43.5 Å². The predicted molar refractivity (Wildman–Crippen MR) is 91.3 cm³/mol. The number of aliphatic hydroxyl groups is 1. The summed E-state index contributed by atoms with van der Waals surface area (Å²) in [5.41, 5.74) is 0. The fourth-order valence-corrected chi connectivity index (χ4v) is 2.53. The van der Waals surface area contributed by atoms with Gasteiger partial charge in [-0.15, -0.1) is 0 Å². The van der Waals surface area contributed by atoms with Crippen molar-refractivity contribution < 1.29 is 19.7 Å². The number of urea groups is 1. The summed E-state index contributed by atoms with van der Waals surface area (Å²) in [6.45, 7) is 3.35. The Morgan fingerprint density at radius 1 is 1.17 bits per heavy atom. The van der Waals surface area contributed by atoms with Gasteiger partial charge in [0, 0.05) is 32.7 Å². The van der Waals surface area contributed by atoms with Crippen LogP contribution in [-0.2, 0) is 0 Å². The van der Waals surface area contributed by atoms with Gasteiger partial charge in [-0.3, -0.25) is 0 Å². The zero-order chi connectivity index (χ0) is 17.2. The van der Waals surface area contributed by atoms with Crippen molar-refractivity contribution >= 4 is 6.03 Å². The molecule has 1 heterocycles. The van der Waals surface area contributed by atoms with Crippen LogP contribution in [0.4, 0.5) is 4.79 Å². The van der Waals surface area contributed by atoms with E-state index in [9.17, 15) is 15.0 Å². The highest BCUT2D eigenvalue weighted by Crippen LogP contribution is 2.15. The van der Waals surface area contributed by atoms with E-state index in [-0.39, 0.29) is 18.4 Å². The maximum absolute atomic E-state index is 11.9. The van der Waals surface area contributed by atoms with E-state index in [1.807, 2.05) is 4.90 Å². The average molecular weight is 337 g/mol. The summed E-state index contributed by atoms with van der Waals surface area (Å²) in [4.78, 5) is 13.7. The summed E-state index contributed by atoms with van der Waals surface area (Å²) in [6.07, 6.45) is 2.73. The minimum atomic E-state index is -0.642. The minimum absolute atomic E-state index is 0.00675. The molecule has 1 aromatic rings. The lowest BCUT2D eigenvalue weighted by Crippen LogP contribution is -2.45. The molecule has 2 rings (SSSR count). The third kappa shape index (κ3) is 6.64. The van der Waals surface area contributed by atoms with E-state index in [4.69, 9.17) is 4.74 Å². The third-order valence-electron chi connectivity index (χ3n) is 3.88. The van der Waals surface area contributed by atoms with E-state index in [1.54, 1.807) is 12.1 Å². The van der Waals surface area contributed by atoms with Crippen molar-refractivity contribution in [3.8, 4) is 11.5 Å². The van der Waals surface area contributed by atoms with Crippen molar-refractivity contribution in [3.63, 3.8) is 0 Å². The molecule has 0 aromatic heterocycles. The van der Waals surface area contributed by atoms with Gasteiger partial charge in [-0.1, -0.05) is 0 Å². The molecule has 0 bridgehead atoms. The predicted octanol–water partition coefficient (Wildman–Crippen LogP) is 0.917. The lowest BCUT2D eigenvalue weighted by atomic mass is 10.1. The van der Waals surface area contributed by atoms with E-state index in [0.29, 0.717) is 25.4 Å². The van der Waals surface area contributed by atoms with Crippen LogP contribution in [0.15, 0.2) is 24.3 Å². The topological polar surface area (TPSA) is 94.1 Å². The van der Waals surface area contributed by atoms with E-state index in [1.165, 1.54) is 18.6 Å². The van der Waals surface area contributed by atoms with E-state index in [2.05, 4.69) is 10.6 Å². The quantitative estimate of drug-likeness (QED) is 0.529. The van der Waals surface area contributed by atoms with Crippen LogP contribution in [0, 0.1) is 0 Å². The van der Waals surface area contributed by atoms with Crippen LogP contribution >= 0.6 is 0 Å². The number of nitrogens with one attached hydrogen (secondary N) is 2. The van der Waals surface area contributed by atoms with Crippen LogP contribution in [0.25, 0.3) is 0 Å². The Morgan fingerprint density at radius 3 is 2.58 bits per heavy atom. The number of piperidine rings is 1. The highest BCUT2D eigenvalue weighted by molar-refractivity contribution is 5.74. The highest BCUT2D eigenvalue weighted by atomic mass is 16.5. The standard InChI is InChI=1S/C17H27N3O4/c21-14-4-6-16(7-5-14)24-13-15(22)12-18-8-9-19-17(23)20-10-2-1-3-11-20/h4-7,15,18,21-22H,1-3,8-13H2,(H,19,23)/t15-/m0/s1. The van der Waals surface area contributed by atoms with Gasteiger partial charge in [0.05, 0.1) is 0 Å². The van der Waals surface area contributed by atoms with Gasteiger partial charge in [-0.2, -0.15) is 0 Å². The van der Waals surface area contributed by atoms with Gasteiger partial charge in [0.2, 0.25) is 0 Å². The second kappa shape index (κ2) is 10.00. The number of carbonyl (C=O) groups excluding carboxylic acids is 1. The van der Waals surface area contributed by atoms with Gasteiger partial charge in [0.25, 0.3) is 0 Å². The van der Waals surface area contributed by atoms with E-state index < -0.39 is 6.10 Å². The van der Waals surface area contributed by atoms with Crippen molar-refractivity contribution in [3.05, 3.63) is 24.3 Å². The molecule has 7 nitrogen and oxygen atoms in total. The van der Waals surface area contributed by atoms with E-state index >= 15 is 0 Å². The first kappa shape index (κ1) is 18.4. The Balaban J connectivity index is 1.50. The normalized spacial score (nSPS) is 15.8. The van der Waals surface area contributed by atoms with Crippen molar-refractivity contribution in [2.24, 2.45) is 0 Å². The molecule has 24 heavy (non-hydrogen) atoms. The third-order valence-corrected chi connectivity index (χ3v) is 3.88. The van der Waals surface area contributed by atoms with Crippen LogP contribution in [0.3, 0.4) is 0 Å². The molecule has 1 aromatic carbocycles. The number of likely N-dealkylation sites (tertiary alicyclic amines) is 1. The summed E-state index contributed by atoms with van der Waals surface area (Å²) in [5.74, 6) is 0.775. The second-order valence-electron chi connectivity index (χ2n) is 5.94. The number of nitrogens with zero attached hydrogens (tertiary/aromatic N) is 1. The maximum atomic E-state index is 11.9. The van der Waals surface area contributed by atoms with Crippen LogP contribution < -0.4 is 15.4 Å². The Hall–Kier alpha value is -1.99. The molecule has 1 fully saturated rings. The molecule has 0 spiro atoms. The molecule has 1 atom stereocenters. The summed E-state index contributed by atoms with van der Waals surface area (Å²) in [6, 6.07) is 6.35. The highest BCUT2D eigenvalue weighted by Gasteiger charge is 2.15. The molecule has 1 aliphatic heterocycles. The number of rotatable bonds is 8. The fraction of sp³-hybridized carbons (Fsp3) is 0.588. The van der Waals surface area contributed by atoms with Crippen LogP contribution in [0.1, 0.15) is 19.3 Å². The largest absolute Gasteiger partial charge is 0.508 e. The van der Waals surface area contributed by atoms with Crippen molar-refractivity contribution in [1.29, 1.82) is 0 Å². The van der Waals surface area contributed by atoms with Crippen LogP contribution in [-0.4, -0.2) is 66.6 Å². The number of phenolic OH excluding ortho intramolecular Hbond substituents is 1. The zero-order valence-corrected chi connectivity index (χ0v) is 13.9. The summed E-state index contributed by atoms with van der Waals surface area (Å²) in [7, 11) is 0. The fourth-order valence-electron chi connectivity index (χ4n) is 2.53. The SMILES string of the molecule is O=C(NCCNC[C@H](O)COc1ccc(O)cc1)N1CCCCC1. The Morgan fingerprint density at radius 2 is 1.88 bits per heavy atom. The van der Waals surface area contributed by atoms with E-state index in [0.717, 1.165) is 25.9 Å². The number of carbonyl (C=O) groups is 1. The molecule has 0 unspecified atom stereocenters. The molecule has 0 saturated carbocycles. The number of amides is 2. The number of hydrogen-bond donors (Lipinski definition) is 4. The van der Waals surface area contributed by atoms with Crippen molar-refractivity contribution in [1.82, 2.24) is 15.5 Å². The zero-order valence-electron chi connectivity index (χ0n) is 13.9. The van der Waals surface area contributed by atoms with Crippen molar-refractivity contribution in [2.75, 3.05) is 39.3 Å². The number of hydrogen-bond acceptors (Lipinski definition) is 5. The lowest BCUT2D eigenvalue weighted by molar-refractivity contribution is 0.106. The number of benzene rings is 1. The number of ether oxygens (including phenoxy) is 1. The Kier molecular flexibility index (Phi) is 7.64. The van der Waals surface area contributed by atoms with Crippen molar-refractivity contribution in [2.45, 2.75) is 25.4 Å². The molecular formula is C17H27N3O4. The average Bonchev–Trinajstić information content (AvgIpc) is 2.61. The first-order chi connectivity index (χ1) is 11.6. The van der Waals surface area contributed by atoms with Crippen LogP contribution in [0.5, 0.6) is 11.5 Å². The number of aromatic hydroxyl groups is 1. The number of aliphatic hydroxyl groups excluding tert-OH is 1. The molecule has 2 amide bonds. The molecule has 0 radical (unpaired) electrons. The smallest absolute Gasteiger partial charge is 0.317 e. The lowest BCUT2D eigenvalue weighted by Gasteiger charge is -2.26. The maximum Gasteiger partial charge on any atom is 0.317 e. The molecule has 4 N–H and O–H groups in total. The Labute approximate surface area is 142 Å². The minimum Gasteiger partial charge on any atom is -0.508 e. The molecule has 1 aliphatic rings. The molecule has 7 heteroatoms. The summed E-state index contributed by atoms with van der Waals surface area (Å²) < 4.78 is 5.42. The molecule has 134 valence electrons. The monoisotopic (exact) mass is 337 g/mol. The summed E-state index contributed by atoms with van der Waals surface area (Å²) in [5, 5.41) is 25.0. The van der Waals surface area contributed by atoms with Gasteiger partial charge in [-0.25, -0.2) is 4.79 Å². The van der Waals surface area contributed by atoms with Gasteiger partial charge in [0.1, 0.15) is 24.2 Å². The van der Waals surface area contributed by atoms with Gasteiger partial charge in [0.15, 0.2) is 0 Å². The molecule has 1 saturated heterocycles. The van der Waals surface area contributed by atoms with Gasteiger partial charge < -0.3 is 30.5 Å². The van der Waals surface area contributed by atoms with Gasteiger partial charge >= 0.3 is 6.03 Å². The number of phenols is 1. The second-order valence-corrected chi connectivity index (χ2v) is 5.94. The molecule has 0 aliphatic carbocycles. The first-order valence-electron chi connectivity index (χ1n) is 8.48. The Bertz CT molecular complexity index is 489. The molecular weight excluding hydrogens is 310 g/mol. The van der Waals surface area contributed by atoms with Crippen LogP contribution in [0.2, 0.25) is 0 Å².